The Labute approximate surface area is 95.7 Å². The van der Waals surface area contributed by atoms with Gasteiger partial charge in [0.1, 0.15) is 0 Å². The van der Waals surface area contributed by atoms with Crippen LogP contribution in [0.15, 0.2) is 61.0 Å². The highest BCUT2D eigenvalue weighted by atomic mass is 16.6. The van der Waals surface area contributed by atoms with Crippen molar-refractivity contribution in [2.75, 3.05) is 14.1 Å². The van der Waals surface area contributed by atoms with Crippen LogP contribution in [0.25, 0.3) is 0 Å². The predicted molar refractivity (Wildman–Crippen MR) is 66.4 cm³/mol. The minimum atomic E-state index is -0.500. The Hall–Kier alpha value is -2.10. The Balaban J connectivity index is 3.81. The van der Waals surface area contributed by atoms with E-state index < -0.39 is 4.92 Å². The Morgan fingerprint density at radius 1 is 0.875 bits per heavy atom. The predicted octanol–water partition coefficient (Wildman–Crippen LogP) is 2.52. The lowest BCUT2D eigenvalue weighted by Crippen LogP contribution is -1.99. The molecule has 0 saturated carbocycles. The van der Waals surface area contributed by atoms with Gasteiger partial charge in [0.15, 0.2) is 0 Å². The molecule has 0 aromatic rings. The number of hydrogen-bond donors (Lipinski definition) is 0. The van der Waals surface area contributed by atoms with Gasteiger partial charge >= 0.3 is 0 Å². The van der Waals surface area contributed by atoms with E-state index in [9.17, 15) is 10.1 Å². The summed E-state index contributed by atoms with van der Waals surface area (Å²) >= 11 is 0. The first kappa shape index (κ1) is 13.9. The molecule has 0 aromatic carbocycles. The summed E-state index contributed by atoms with van der Waals surface area (Å²) in [5, 5.41) is 9.91. The summed E-state index contributed by atoms with van der Waals surface area (Å²) in [6.45, 7) is 0. The highest BCUT2D eigenvalue weighted by Crippen LogP contribution is 1.84. The van der Waals surface area contributed by atoms with E-state index in [-0.39, 0.29) is 0 Å². The molecule has 0 saturated heterocycles. The van der Waals surface area contributed by atoms with Crippen LogP contribution in [0.1, 0.15) is 0 Å². The van der Waals surface area contributed by atoms with Crippen molar-refractivity contribution >= 4 is 0 Å². The number of allylic oxidation sites excluding steroid dienone is 8. The summed E-state index contributed by atoms with van der Waals surface area (Å²) in [7, 11) is 3.90. The Morgan fingerprint density at radius 3 is 1.75 bits per heavy atom. The lowest BCUT2D eigenvalue weighted by Gasteiger charge is -2.00. The van der Waals surface area contributed by atoms with Crippen LogP contribution in [0.4, 0.5) is 0 Å². The molecule has 4 heteroatoms. The molecule has 0 aliphatic carbocycles. The summed E-state index contributed by atoms with van der Waals surface area (Å²) < 4.78 is 0. The molecule has 0 rings (SSSR count). The number of hydrogen-bond acceptors (Lipinski definition) is 3. The van der Waals surface area contributed by atoms with Gasteiger partial charge in [0.2, 0.25) is 6.20 Å². The molecule has 0 heterocycles. The molecule has 0 amide bonds. The van der Waals surface area contributed by atoms with Crippen LogP contribution in [-0.4, -0.2) is 23.9 Å². The normalized spacial score (nSPS) is 12.9. The van der Waals surface area contributed by atoms with Crippen LogP contribution < -0.4 is 0 Å². The van der Waals surface area contributed by atoms with Gasteiger partial charge in [-0.2, -0.15) is 0 Å². The van der Waals surface area contributed by atoms with Gasteiger partial charge in [-0.15, -0.1) is 0 Å². The lowest BCUT2D eigenvalue weighted by atomic mass is 10.4. The minimum absolute atomic E-state index is 0.500. The molecule has 0 fully saturated rings. The maximum atomic E-state index is 9.91. The van der Waals surface area contributed by atoms with Crippen molar-refractivity contribution in [2.24, 2.45) is 0 Å². The molecule has 0 aliphatic rings. The smallest absolute Gasteiger partial charge is 0.234 e. The van der Waals surface area contributed by atoms with Crippen molar-refractivity contribution in [1.82, 2.24) is 4.90 Å². The molecule has 0 bridgehead atoms. The van der Waals surface area contributed by atoms with Crippen molar-refractivity contribution in [3.8, 4) is 0 Å². The van der Waals surface area contributed by atoms with Gasteiger partial charge in [-0.25, -0.2) is 0 Å². The van der Waals surface area contributed by atoms with Crippen LogP contribution in [0.2, 0.25) is 0 Å². The second kappa shape index (κ2) is 9.45. The van der Waals surface area contributed by atoms with Crippen molar-refractivity contribution in [3.63, 3.8) is 0 Å². The topological polar surface area (TPSA) is 46.4 Å². The summed E-state index contributed by atoms with van der Waals surface area (Å²) in [5.41, 5.74) is 0. The minimum Gasteiger partial charge on any atom is -0.383 e. The van der Waals surface area contributed by atoms with Crippen molar-refractivity contribution in [1.29, 1.82) is 0 Å². The Bertz CT molecular complexity index is 337. The molecule has 0 spiro atoms. The van der Waals surface area contributed by atoms with Gasteiger partial charge in [-0.3, -0.25) is 10.1 Å². The molecule has 4 nitrogen and oxygen atoms in total. The molecule has 0 atom stereocenters. The van der Waals surface area contributed by atoms with Gasteiger partial charge in [0, 0.05) is 20.2 Å². The van der Waals surface area contributed by atoms with Crippen molar-refractivity contribution in [2.45, 2.75) is 0 Å². The Kier molecular flexibility index (Phi) is 8.21. The fourth-order valence-corrected chi connectivity index (χ4v) is 0.727. The largest absolute Gasteiger partial charge is 0.383 e. The van der Waals surface area contributed by atoms with Crippen LogP contribution >= 0.6 is 0 Å². The average Bonchev–Trinajstić information content (AvgIpc) is 2.20. The molecule has 0 N–H and O–H groups in total. The molecular weight excluding hydrogens is 204 g/mol. The molecular formula is C12H16N2O2. The van der Waals surface area contributed by atoms with Crippen molar-refractivity contribution in [3.05, 3.63) is 71.1 Å². The lowest BCUT2D eigenvalue weighted by molar-refractivity contribution is -0.402. The number of nitro groups is 1. The highest BCUT2D eigenvalue weighted by Gasteiger charge is 1.77. The number of nitrogens with zero attached hydrogens (tertiary/aromatic N) is 2. The van der Waals surface area contributed by atoms with Gasteiger partial charge in [-0.05, 0) is 12.3 Å². The molecule has 16 heavy (non-hydrogen) atoms. The van der Waals surface area contributed by atoms with E-state index in [1.54, 1.807) is 18.2 Å². The summed E-state index contributed by atoms with van der Waals surface area (Å²) in [6, 6.07) is 0. The molecule has 86 valence electrons. The molecule has 0 unspecified atom stereocenters. The fourth-order valence-electron chi connectivity index (χ4n) is 0.727. The van der Waals surface area contributed by atoms with E-state index in [0.717, 1.165) is 6.20 Å². The standard InChI is InChI=1S/C12H16N2O2/c1-13(2)11-9-7-5-3-4-6-8-10-12-14(15)16/h3-12H,1-2H3/b4-3+,7-5+,8-6+,11-9+,12-10+. The zero-order chi connectivity index (χ0) is 12.2. The zero-order valence-electron chi connectivity index (χ0n) is 9.48. The molecule has 0 aliphatic heterocycles. The third kappa shape index (κ3) is 11.9. The third-order valence-corrected chi connectivity index (χ3v) is 1.37. The van der Waals surface area contributed by atoms with E-state index >= 15 is 0 Å². The van der Waals surface area contributed by atoms with Crippen LogP contribution in [0.5, 0.6) is 0 Å². The second-order valence-electron chi connectivity index (χ2n) is 3.09. The second-order valence-corrected chi connectivity index (χ2v) is 3.09. The summed E-state index contributed by atoms with van der Waals surface area (Å²) in [6.07, 6.45) is 16.9. The first-order valence-electron chi connectivity index (χ1n) is 4.78. The SMILES string of the molecule is CN(C)/C=C/C=C/C=C/C=C/C=C/[N+](=O)[O-]. The van der Waals surface area contributed by atoms with Gasteiger partial charge in [0.05, 0.1) is 4.92 Å². The monoisotopic (exact) mass is 220 g/mol. The van der Waals surface area contributed by atoms with Crippen LogP contribution in [0.3, 0.4) is 0 Å². The van der Waals surface area contributed by atoms with E-state index in [4.69, 9.17) is 0 Å². The van der Waals surface area contributed by atoms with E-state index in [0.29, 0.717) is 0 Å². The summed E-state index contributed by atoms with van der Waals surface area (Å²) in [4.78, 5) is 11.3. The first-order chi connectivity index (χ1) is 7.63. The van der Waals surface area contributed by atoms with Crippen molar-refractivity contribution < 1.29 is 4.92 Å². The first-order valence-corrected chi connectivity index (χ1v) is 4.78. The van der Waals surface area contributed by atoms with E-state index in [1.165, 1.54) is 6.08 Å². The van der Waals surface area contributed by atoms with Gasteiger partial charge < -0.3 is 4.90 Å². The van der Waals surface area contributed by atoms with Crippen LogP contribution in [0, 0.1) is 10.1 Å². The van der Waals surface area contributed by atoms with E-state index in [2.05, 4.69) is 0 Å². The molecule has 0 radical (unpaired) electrons. The maximum absolute atomic E-state index is 9.91. The van der Waals surface area contributed by atoms with E-state index in [1.807, 2.05) is 49.5 Å². The van der Waals surface area contributed by atoms with Gasteiger partial charge in [0.25, 0.3) is 0 Å². The quantitative estimate of drug-likeness (QED) is 0.392. The summed E-state index contributed by atoms with van der Waals surface area (Å²) in [5.74, 6) is 0. The highest BCUT2D eigenvalue weighted by molar-refractivity contribution is 5.17. The average molecular weight is 220 g/mol. The Morgan fingerprint density at radius 2 is 1.31 bits per heavy atom. The molecule has 0 aromatic heterocycles. The fraction of sp³-hybridized carbons (Fsp3) is 0.167. The third-order valence-electron chi connectivity index (χ3n) is 1.37. The number of rotatable bonds is 6. The van der Waals surface area contributed by atoms with Crippen LogP contribution in [-0.2, 0) is 0 Å². The maximum Gasteiger partial charge on any atom is 0.234 e. The zero-order valence-corrected chi connectivity index (χ0v) is 9.48. The van der Waals surface area contributed by atoms with Gasteiger partial charge in [-0.1, -0.05) is 36.5 Å².